The van der Waals surface area contributed by atoms with Crippen molar-refractivity contribution in [1.82, 2.24) is 16.0 Å². The third-order valence-corrected chi connectivity index (χ3v) is 3.72. The van der Waals surface area contributed by atoms with Crippen molar-refractivity contribution in [3.8, 4) is 0 Å². The van der Waals surface area contributed by atoms with Crippen LogP contribution < -0.4 is 21.7 Å². The molecule has 1 aliphatic rings. The Balaban J connectivity index is 1.97. The topological polar surface area (TPSA) is 96.2 Å². The molecule has 3 amide bonds. The molecule has 1 heterocycles. The van der Waals surface area contributed by atoms with Gasteiger partial charge in [-0.1, -0.05) is 24.3 Å². The largest absolute Gasteiger partial charge is 0.356 e. The van der Waals surface area contributed by atoms with E-state index < -0.39 is 12.1 Å². The van der Waals surface area contributed by atoms with Crippen molar-refractivity contribution in [3.05, 3.63) is 35.4 Å². The van der Waals surface area contributed by atoms with E-state index in [4.69, 9.17) is 5.73 Å². The van der Waals surface area contributed by atoms with Gasteiger partial charge in [-0.2, -0.15) is 0 Å². The van der Waals surface area contributed by atoms with Gasteiger partial charge in [-0.15, -0.1) is 0 Å². The summed E-state index contributed by atoms with van der Waals surface area (Å²) in [6, 6.07) is 6.63. The minimum atomic E-state index is -0.626. The molecule has 1 unspecified atom stereocenters. The number of nitrogens with one attached hydrogen (secondary N) is 3. The number of urea groups is 1. The Labute approximate surface area is 124 Å². The molecule has 6 heteroatoms. The average Bonchev–Trinajstić information content (AvgIpc) is 2.36. The molecule has 1 atom stereocenters. The van der Waals surface area contributed by atoms with Gasteiger partial charge in [0.2, 0.25) is 5.91 Å². The summed E-state index contributed by atoms with van der Waals surface area (Å²) in [5.41, 5.74) is 7.15. The van der Waals surface area contributed by atoms with Crippen molar-refractivity contribution >= 4 is 11.9 Å². The predicted molar refractivity (Wildman–Crippen MR) is 80.6 cm³/mol. The van der Waals surface area contributed by atoms with Crippen LogP contribution in [0.2, 0.25) is 0 Å². The lowest BCUT2D eigenvalue weighted by Gasteiger charge is -2.27. The summed E-state index contributed by atoms with van der Waals surface area (Å²) in [6.07, 6.45) is 0.188. The first-order chi connectivity index (χ1) is 10.1. The quantitative estimate of drug-likeness (QED) is 0.612. The number of primary amides is 1. The molecular weight excluding hydrogens is 268 g/mol. The SMILES string of the molecule is Cc1ccccc1C(CC(=O)NCC1CNC1)NC(N)=O. The molecule has 6 nitrogen and oxygen atoms in total. The number of carbonyl (C=O) groups excluding carboxylic acids is 2. The molecule has 1 aromatic rings. The van der Waals surface area contributed by atoms with Gasteiger partial charge in [0.25, 0.3) is 0 Å². The van der Waals surface area contributed by atoms with Gasteiger partial charge in [0.05, 0.1) is 12.5 Å². The van der Waals surface area contributed by atoms with Crippen LogP contribution in [0.15, 0.2) is 24.3 Å². The van der Waals surface area contributed by atoms with Gasteiger partial charge in [0, 0.05) is 25.6 Å². The number of benzene rings is 1. The zero-order valence-electron chi connectivity index (χ0n) is 12.2. The highest BCUT2D eigenvalue weighted by molar-refractivity contribution is 5.78. The highest BCUT2D eigenvalue weighted by Gasteiger charge is 2.21. The Morgan fingerprint density at radius 2 is 2.10 bits per heavy atom. The Kier molecular flexibility index (Phi) is 5.16. The van der Waals surface area contributed by atoms with Crippen LogP contribution in [-0.2, 0) is 4.79 Å². The van der Waals surface area contributed by atoms with Gasteiger partial charge in [0.15, 0.2) is 0 Å². The number of rotatable bonds is 6. The zero-order chi connectivity index (χ0) is 15.2. The van der Waals surface area contributed by atoms with Crippen LogP contribution in [0.4, 0.5) is 4.79 Å². The van der Waals surface area contributed by atoms with E-state index >= 15 is 0 Å². The molecule has 0 saturated carbocycles. The van der Waals surface area contributed by atoms with Crippen molar-refractivity contribution in [2.45, 2.75) is 19.4 Å². The van der Waals surface area contributed by atoms with Gasteiger partial charge < -0.3 is 21.7 Å². The van der Waals surface area contributed by atoms with Crippen LogP contribution in [-0.4, -0.2) is 31.6 Å². The van der Waals surface area contributed by atoms with E-state index in [1.165, 1.54) is 0 Å². The van der Waals surface area contributed by atoms with Crippen molar-refractivity contribution in [2.75, 3.05) is 19.6 Å². The molecule has 114 valence electrons. The first kappa shape index (κ1) is 15.3. The summed E-state index contributed by atoms with van der Waals surface area (Å²) in [7, 11) is 0. The molecule has 1 saturated heterocycles. The summed E-state index contributed by atoms with van der Waals surface area (Å²) in [5, 5.41) is 8.72. The van der Waals surface area contributed by atoms with E-state index in [-0.39, 0.29) is 12.3 Å². The summed E-state index contributed by atoms with van der Waals surface area (Å²) in [6.45, 7) is 4.51. The molecule has 1 aliphatic heterocycles. The molecule has 21 heavy (non-hydrogen) atoms. The van der Waals surface area contributed by atoms with Crippen LogP contribution in [0.5, 0.6) is 0 Å². The molecule has 0 aliphatic carbocycles. The van der Waals surface area contributed by atoms with Gasteiger partial charge in [0.1, 0.15) is 0 Å². The molecule has 0 aromatic heterocycles. The molecule has 1 aromatic carbocycles. The highest BCUT2D eigenvalue weighted by Crippen LogP contribution is 2.20. The van der Waals surface area contributed by atoms with Crippen LogP contribution in [0.1, 0.15) is 23.6 Å². The second kappa shape index (κ2) is 7.08. The fraction of sp³-hybridized carbons (Fsp3) is 0.467. The maximum Gasteiger partial charge on any atom is 0.312 e. The van der Waals surface area contributed by atoms with Crippen LogP contribution >= 0.6 is 0 Å². The maximum absolute atomic E-state index is 12.0. The zero-order valence-corrected chi connectivity index (χ0v) is 12.2. The van der Waals surface area contributed by atoms with E-state index in [0.29, 0.717) is 12.5 Å². The van der Waals surface area contributed by atoms with Gasteiger partial charge in [-0.3, -0.25) is 4.79 Å². The van der Waals surface area contributed by atoms with E-state index in [1.807, 2.05) is 31.2 Å². The van der Waals surface area contributed by atoms with Crippen molar-refractivity contribution in [2.24, 2.45) is 11.7 Å². The Hall–Kier alpha value is -2.08. The monoisotopic (exact) mass is 290 g/mol. The molecule has 5 N–H and O–H groups in total. The average molecular weight is 290 g/mol. The number of hydrogen-bond donors (Lipinski definition) is 4. The predicted octanol–water partition coefficient (Wildman–Crippen LogP) is 0.430. The smallest absolute Gasteiger partial charge is 0.312 e. The lowest BCUT2D eigenvalue weighted by molar-refractivity contribution is -0.121. The lowest BCUT2D eigenvalue weighted by Crippen LogP contribution is -2.48. The second-order valence-corrected chi connectivity index (χ2v) is 5.45. The molecule has 0 radical (unpaired) electrons. The summed E-state index contributed by atoms with van der Waals surface area (Å²) in [4.78, 5) is 23.2. The number of amides is 3. The highest BCUT2D eigenvalue weighted by atomic mass is 16.2. The third kappa shape index (κ3) is 4.46. The van der Waals surface area contributed by atoms with Gasteiger partial charge in [-0.05, 0) is 18.1 Å². The molecule has 2 rings (SSSR count). The van der Waals surface area contributed by atoms with E-state index in [0.717, 1.165) is 24.2 Å². The minimum absolute atomic E-state index is 0.0797. The van der Waals surface area contributed by atoms with Crippen molar-refractivity contribution in [3.63, 3.8) is 0 Å². The van der Waals surface area contributed by atoms with Crippen LogP contribution in [0.3, 0.4) is 0 Å². The van der Waals surface area contributed by atoms with E-state index in [1.54, 1.807) is 0 Å². The molecule has 1 fully saturated rings. The fourth-order valence-electron chi connectivity index (χ4n) is 2.40. The summed E-state index contributed by atoms with van der Waals surface area (Å²) in [5.74, 6) is 0.430. The van der Waals surface area contributed by atoms with Gasteiger partial charge in [-0.25, -0.2) is 4.79 Å². The van der Waals surface area contributed by atoms with Crippen LogP contribution in [0.25, 0.3) is 0 Å². The standard InChI is InChI=1S/C15H22N4O2/c1-10-4-2-3-5-12(10)13(19-15(16)21)6-14(20)18-9-11-7-17-8-11/h2-5,11,13,17H,6-9H2,1H3,(H,18,20)(H3,16,19,21). The molecule has 0 bridgehead atoms. The number of aryl methyl sites for hydroxylation is 1. The number of carbonyl (C=O) groups is 2. The van der Waals surface area contributed by atoms with Crippen molar-refractivity contribution < 1.29 is 9.59 Å². The molecule has 0 spiro atoms. The maximum atomic E-state index is 12.0. The summed E-state index contributed by atoms with van der Waals surface area (Å²) >= 11 is 0. The minimum Gasteiger partial charge on any atom is -0.356 e. The van der Waals surface area contributed by atoms with E-state index in [2.05, 4.69) is 16.0 Å². The van der Waals surface area contributed by atoms with Crippen molar-refractivity contribution in [1.29, 1.82) is 0 Å². The lowest BCUT2D eigenvalue weighted by atomic mass is 9.98. The Morgan fingerprint density at radius 1 is 1.38 bits per heavy atom. The first-order valence-corrected chi connectivity index (χ1v) is 7.15. The van der Waals surface area contributed by atoms with E-state index in [9.17, 15) is 9.59 Å². The first-order valence-electron chi connectivity index (χ1n) is 7.15. The second-order valence-electron chi connectivity index (χ2n) is 5.45. The van der Waals surface area contributed by atoms with Gasteiger partial charge >= 0.3 is 6.03 Å². The third-order valence-electron chi connectivity index (χ3n) is 3.72. The fourth-order valence-corrected chi connectivity index (χ4v) is 2.40. The normalized spacial score (nSPS) is 15.9. The number of nitrogens with two attached hydrogens (primary N) is 1. The Bertz CT molecular complexity index is 514. The number of hydrogen-bond acceptors (Lipinski definition) is 3. The summed E-state index contributed by atoms with van der Waals surface area (Å²) < 4.78 is 0. The van der Waals surface area contributed by atoms with Crippen LogP contribution in [0, 0.1) is 12.8 Å². The molecular formula is C15H22N4O2. The Morgan fingerprint density at radius 3 is 2.67 bits per heavy atom.